The summed E-state index contributed by atoms with van der Waals surface area (Å²) in [5.41, 5.74) is 0. The van der Waals surface area contributed by atoms with Crippen LogP contribution in [0.15, 0.2) is 30.5 Å². The molecule has 2 rings (SSSR count). The van der Waals surface area contributed by atoms with Gasteiger partial charge >= 0.3 is 0 Å². The van der Waals surface area contributed by atoms with Crippen molar-refractivity contribution in [2.24, 2.45) is 0 Å². The third-order valence-corrected chi connectivity index (χ3v) is 3.48. The van der Waals surface area contributed by atoms with Gasteiger partial charge in [0.25, 0.3) is 0 Å². The van der Waals surface area contributed by atoms with E-state index in [0.717, 1.165) is 48.1 Å². The second-order valence-corrected chi connectivity index (χ2v) is 4.90. The van der Waals surface area contributed by atoms with E-state index >= 15 is 0 Å². The molecule has 0 amide bonds. The van der Waals surface area contributed by atoms with Gasteiger partial charge in [0.15, 0.2) is 0 Å². The standard InChI is InChI=1S/C16H22N2O2/c1-18(11-4-3-5-12-19)16-14-7-6-8-15(20-2)13(14)9-10-17-16/h6-10,19H,3-5,11-12H2,1-2H3. The number of rotatable bonds is 7. The fourth-order valence-electron chi connectivity index (χ4n) is 2.39. The van der Waals surface area contributed by atoms with E-state index < -0.39 is 0 Å². The predicted octanol–water partition coefficient (Wildman–Crippen LogP) is 2.84. The summed E-state index contributed by atoms with van der Waals surface area (Å²) in [7, 11) is 3.74. The summed E-state index contributed by atoms with van der Waals surface area (Å²) >= 11 is 0. The molecular formula is C16H22N2O2. The molecule has 2 aromatic rings. The molecule has 0 aliphatic carbocycles. The third-order valence-electron chi connectivity index (χ3n) is 3.48. The topological polar surface area (TPSA) is 45.6 Å². The van der Waals surface area contributed by atoms with Gasteiger partial charge < -0.3 is 14.7 Å². The minimum Gasteiger partial charge on any atom is -0.496 e. The van der Waals surface area contributed by atoms with Crippen molar-refractivity contribution in [1.29, 1.82) is 0 Å². The quantitative estimate of drug-likeness (QED) is 0.789. The number of aliphatic hydroxyl groups is 1. The van der Waals surface area contributed by atoms with E-state index in [9.17, 15) is 0 Å². The summed E-state index contributed by atoms with van der Waals surface area (Å²) < 4.78 is 5.40. The number of unbranched alkanes of at least 4 members (excludes halogenated alkanes) is 2. The minimum absolute atomic E-state index is 0.271. The highest BCUT2D eigenvalue weighted by Gasteiger charge is 2.09. The van der Waals surface area contributed by atoms with Crippen molar-refractivity contribution in [1.82, 2.24) is 4.98 Å². The molecule has 0 aliphatic rings. The summed E-state index contributed by atoms with van der Waals surface area (Å²) in [6.07, 6.45) is 4.78. The molecule has 1 heterocycles. The first-order valence-electron chi connectivity index (χ1n) is 7.01. The number of methoxy groups -OCH3 is 1. The Labute approximate surface area is 120 Å². The second kappa shape index (κ2) is 7.10. The third kappa shape index (κ3) is 3.20. The molecule has 0 radical (unpaired) electrons. The second-order valence-electron chi connectivity index (χ2n) is 4.90. The number of ether oxygens (including phenoxy) is 1. The molecule has 4 heteroatoms. The molecule has 0 spiro atoms. The summed E-state index contributed by atoms with van der Waals surface area (Å²) in [5.74, 6) is 1.85. The highest BCUT2D eigenvalue weighted by atomic mass is 16.5. The van der Waals surface area contributed by atoms with Crippen molar-refractivity contribution in [2.45, 2.75) is 19.3 Å². The van der Waals surface area contributed by atoms with Crippen LogP contribution in [0, 0.1) is 0 Å². The number of benzene rings is 1. The van der Waals surface area contributed by atoms with E-state index in [1.807, 2.05) is 24.4 Å². The monoisotopic (exact) mass is 274 g/mol. The lowest BCUT2D eigenvalue weighted by molar-refractivity contribution is 0.283. The lowest BCUT2D eigenvalue weighted by Gasteiger charge is -2.20. The number of anilines is 1. The molecule has 0 aliphatic heterocycles. The van der Waals surface area contributed by atoms with Crippen LogP contribution in [0.1, 0.15) is 19.3 Å². The molecule has 0 atom stereocenters. The first-order chi connectivity index (χ1) is 9.77. The van der Waals surface area contributed by atoms with E-state index in [1.54, 1.807) is 7.11 Å². The van der Waals surface area contributed by atoms with Crippen molar-refractivity contribution < 1.29 is 9.84 Å². The zero-order chi connectivity index (χ0) is 14.4. The van der Waals surface area contributed by atoms with Gasteiger partial charge in [0.05, 0.1) is 7.11 Å². The Hall–Kier alpha value is -1.81. The molecule has 1 aromatic carbocycles. The lowest BCUT2D eigenvalue weighted by Crippen LogP contribution is -2.20. The maximum absolute atomic E-state index is 8.81. The van der Waals surface area contributed by atoms with Crippen LogP contribution in [-0.2, 0) is 0 Å². The number of fused-ring (bicyclic) bond motifs is 1. The number of aliphatic hydroxyl groups excluding tert-OH is 1. The molecule has 0 bridgehead atoms. The van der Waals surface area contributed by atoms with Gasteiger partial charge in [-0.2, -0.15) is 0 Å². The average molecular weight is 274 g/mol. The van der Waals surface area contributed by atoms with Crippen molar-refractivity contribution >= 4 is 16.6 Å². The zero-order valence-electron chi connectivity index (χ0n) is 12.2. The Morgan fingerprint density at radius 1 is 1.15 bits per heavy atom. The molecular weight excluding hydrogens is 252 g/mol. The Bertz CT molecular complexity index is 557. The predicted molar refractivity (Wildman–Crippen MR) is 82.5 cm³/mol. The Kier molecular flexibility index (Phi) is 5.18. The number of nitrogens with zero attached hydrogens (tertiary/aromatic N) is 2. The highest BCUT2D eigenvalue weighted by molar-refractivity contribution is 5.96. The van der Waals surface area contributed by atoms with Crippen LogP contribution >= 0.6 is 0 Å². The van der Waals surface area contributed by atoms with Crippen LogP contribution in [0.2, 0.25) is 0 Å². The fraction of sp³-hybridized carbons (Fsp3) is 0.438. The van der Waals surface area contributed by atoms with Gasteiger partial charge in [-0.3, -0.25) is 0 Å². The first kappa shape index (κ1) is 14.6. The van der Waals surface area contributed by atoms with Crippen molar-refractivity contribution in [2.75, 3.05) is 32.2 Å². The maximum Gasteiger partial charge on any atom is 0.136 e. The summed E-state index contributed by atoms with van der Waals surface area (Å²) in [6, 6.07) is 8.01. The van der Waals surface area contributed by atoms with Crippen molar-refractivity contribution in [3.63, 3.8) is 0 Å². The van der Waals surface area contributed by atoms with Gasteiger partial charge in [0.2, 0.25) is 0 Å². The first-order valence-corrected chi connectivity index (χ1v) is 7.01. The Balaban J connectivity index is 2.21. The largest absolute Gasteiger partial charge is 0.496 e. The number of hydrogen-bond donors (Lipinski definition) is 1. The van der Waals surface area contributed by atoms with Gasteiger partial charge in [0, 0.05) is 37.2 Å². The molecule has 0 fully saturated rings. The number of pyridine rings is 1. The van der Waals surface area contributed by atoms with E-state index in [0.29, 0.717) is 0 Å². The van der Waals surface area contributed by atoms with E-state index in [4.69, 9.17) is 9.84 Å². The van der Waals surface area contributed by atoms with E-state index in [2.05, 4.69) is 23.0 Å². The van der Waals surface area contributed by atoms with Crippen LogP contribution in [-0.4, -0.2) is 37.4 Å². The number of hydrogen-bond acceptors (Lipinski definition) is 4. The molecule has 108 valence electrons. The van der Waals surface area contributed by atoms with Crippen LogP contribution in [0.4, 0.5) is 5.82 Å². The SMILES string of the molecule is COc1cccc2c(N(C)CCCCCO)nccc12. The highest BCUT2D eigenvalue weighted by Crippen LogP contribution is 2.30. The van der Waals surface area contributed by atoms with Crippen LogP contribution in [0.25, 0.3) is 10.8 Å². The molecule has 20 heavy (non-hydrogen) atoms. The Morgan fingerprint density at radius 3 is 2.75 bits per heavy atom. The maximum atomic E-state index is 8.81. The van der Waals surface area contributed by atoms with Gasteiger partial charge in [-0.1, -0.05) is 12.1 Å². The molecule has 1 aromatic heterocycles. The average Bonchev–Trinajstić information content (AvgIpc) is 2.50. The molecule has 0 saturated carbocycles. The van der Waals surface area contributed by atoms with E-state index in [1.165, 1.54) is 0 Å². The van der Waals surface area contributed by atoms with Gasteiger partial charge in [-0.05, 0) is 31.4 Å². The van der Waals surface area contributed by atoms with Gasteiger partial charge in [-0.25, -0.2) is 4.98 Å². The van der Waals surface area contributed by atoms with Crippen molar-refractivity contribution in [3.05, 3.63) is 30.5 Å². The molecule has 4 nitrogen and oxygen atoms in total. The molecule has 0 saturated heterocycles. The summed E-state index contributed by atoms with van der Waals surface area (Å²) in [5, 5.41) is 11.0. The number of aromatic nitrogens is 1. The summed E-state index contributed by atoms with van der Waals surface area (Å²) in [6.45, 7) is 1.21. The normalized spacial score (nSPS) is 10.8. The van der Waals surface area contributed by atoms with Gasteiger partial charge in [0.1, 0.15) is 11.6 Å². The molecule has 0 unspecified atom stereocenters. The molecule has 1 N–H and O–H groups in total. The van der Waals surface area contributed by atoms with E-state index in [-0.39, 0.29) is 6.61 Å². The fourth-order valence-corrected chi connectivity index (χ4v) is 2.39. The van der Waals surface area contributed by atoms with Crippen LogP contribution in [0.5, 0.6) is 5.75 Å². The smallest absolute Gasteiger partial charge is 0.136 e. The zero-order valence-corrected chi connectivity index (χ0v) is 12.2. The Morgan fingerprint density at radius 2 is 2.00 bits per heavy atom. The van der Waals surface area contributed by atoms with Gasteiger partial charge in [-0.15, -0.1) is 0 Å². The minimum atomic E-state index is 0.271. The summed E-state index contributed by atoms with van der Waals surface area (Å²) in [4.78, 5) is 6.67. The van der Waals surface area contributed by atoms with Crippen LogP contribution in [0.3, 0.4) is 0 Å². The lowest BCUT2D eigenvalue weighted by atomic mass is 10.1. The van der Waals surface area contributed by atoms with Crippen LogP contribution < -0.4 is 9.64 Å². The van der Waals surface area contributed by atoms with Crippen molar-refractivity contribution in [3.8, 4) is 5.75 Å².